The second kappa shape index (κ2) is 3.25. The predicted molar refractivity (Wildman–Crippen MR) is 44.0 cm³/mol. The molecule has 10 heavy (non-hydrogen) atoms. The van der Waals surface area contributed by atoms with Crippen LogP contribution in [0.15, 0.2) is 24.3 Å². The Kier molecular flexibility index (Phi) is 2.32. The molecule has 0 heterocycles. The zero-order valence-corrected chi connectivity index (χ0v) is 6.39. The van der Waals surface area contributed by atoms with Crippen molar-refractivity contribution in [2.24, 2.45) is 0 Å². The van der Waals surface area contributed by atoms with E-state index in [1.165, 1.54) is 0 Å². The van der Waals surface area contributed by atoms with Gasteiger partial charge in [0.2, 0.25) is 0 Å². The lowest BCUT2D eigenvalue weighted by atomic mass is 10.3. The molecule has 1 heteroatoms. The van der Waals surface area contributed by atoms with E-state index in [2.05, 4.69) is 25.2 Å². The average Bonchev–Trinajstić information content (AvgIpc) is 1.88. The van der Waals surface area contributed by atoms with Gasteiger partial charge in [-0.1, -0.05) is 12.1 Å². The predicted octanol–water partition coefficient (Wildman–Crippen LogP) is 2.31. The Morgan fingerprint density at radius 2 is 2.30 bits per heavy atom. The van der Waals surface area contributed by atoms with E-state index in [-0.39, 0.29) is 0 Å². The zero-order chi connectivity index (χ0) is 7.40. The Hall–Kier alpha value is -0.980. The van der Waals surface area contributed by atoms with Crippen LogP contribution in [-0.4, -0.2) is 6.04 Å². The lowest BCUT2D eigenvalue weighted by Gasteiger charge is -2.08. The molecule has 1 nitrogen and oxygen atoms in total. The maximum absolute atomic E-state index is 3.27. The second-order valence-electron chi connectivity index (χ2n) is 2.59. The molecule has 0 spiro atoms. The second-order valence-corrected chi connectivity index (χ2v) is 2.59. The minimum atomic E-state index is 0.496. The molecule has 0 bridgehead atoms. The summed E-state index contributed by atoms with van der Waals surface area (Å²) in [6.45, 7) is 4.24. The van der Waals surface area contributed by atoms with E-state index in [1.54, 1.807) is 0 Å². The lowest BCUT2D eigenvalue weighted by Crippen LogP contribution is -2.08. The first-order valence-electron chi connectivity index (χ1n) is 3.51. The van der Waals surface area contributed by atoms with Crippen LogP contribution < -0.4 is 5.32 Å². The van der Waals surface area contributed by atoms with Gasteiger partial charge in [-0.05, 0) is 32.0 Å². The lowest BCUT2D eigenvalue weighted by molar-refractivity contribution is 0.900. The van der Waals surface area contributed by atoms with E-state index in [0.29, 0.717) is 6.04 Å². The van der Waals surface area contributed by atoms with E-state index in [4.69, 9.17) is 0 Å². The Morgan fingerprint density at radius 1 is 1.50 bits per heavy atom. The molecule has 1 radical (unpaired) electrons. The van der Waals surface area contributed by atoms with Crippen LogP contribution in [0.5, 0.6) is 0 Å². The summed E-state index contributed by atoms with van der Waals surface area (Å²) in [7, 11) is 0. The van der Waals surface area contributed by atoms with Crippen LogP contribution in [0.2, 0.25) is 0 Å². The van der Waals surface area contributed by atoms with Gasteiger partial charge >= 0.3 is 0 Å². The van der Waals surface area contributed by atoms with Gasteiger partial charge in [-0.2, -0.15) is 0 Å². The molecule has 0 aliphatic heterocycles. The van der Waals surface area contributed by atoms with Crippen LogP contribution >= 0.6 is 0 Å². The molecule has 1 aromatic rings. The SMILES string of the molecule is CC(C)Nc1c[c]ccc1. The Bertz CT molecular complexity index is 179. The van der Waals surface area contributed by atoms with E-state index < -0.39 is 0 Å². The number of rotatable bonds is 2. The van der Waals surface area contributed by atoms with Crippen LogP contribution in [0.25, 0.3) is 0 Å². The summed E-state index contributed by atoms with van der Waals surface area (Å²) in [4.78, 5) is 0. The summed E-state index contributed by atoms with van der Waals surface area (Å²) in [6, 6.07) is 11.4. The number of anilines is 1. The van der Waals surface area contributed by atoms with Crippen LogP contribution in [0, 0.1) is 6.07 Å². The van der Waals surface area contributed by atoms with Crippen molar-refractivity contribution in [2.75, 3.05) is 5.32 Å². The van der Waals surface area contributed by atoms with Crippen molar-refractivity contribution in [1.82, 2.24) is 0 Å². The largest absolute Gasteiger partial charge is 0.383 e. The van der Waals surface area contributed by atoms with Gasteiger partial charge < -0.3 is 5.32 Å². The maximum atomic E-state index is 3.27. The van der Waals surface area contributed by atoms with E-state index in [0.717, 1.165) is 5.69 Å². The van der Waals surface area contributed by atoms with Crippen LogP contribution in [0.1, 0.15) is 13.8 Å². The molecular formula is C9H12N. The normalized spacial score (nSPS) is 9.90. The first-order valence-corrected chi connectivity index (χ1v) is 3.51. The standard InChI is InChI=1S/C9H12N/c1-8(2)10-9-6-4-3-5-7-9/h3-4,6-8,10H,1-2H3. The van der Waals surface area contributed by atoms with Gasteiger partial charge in [-0.15, -0.1) is 0 Å². The monoisotopic (exact) mass is 134 g/mol. The molecule has 0 saturated heterocycles. The van der Waals surface area contributed by atoms with Gasteiger partial charge in [0.15, 0.2) is 0 Å². The summed E-state index contributed by atoms with van der Waals surface area (Å²) < 4.78 is 0. The Morgan fingerprint density at radius 3 is 2.80 bits per heavy atom. The van der Waals surface area contributed by atoms with Crippen LogP contribution in [-0.2, 0) is 0 Å². The van der Waals surface area contributed by atoms with Gasteiger partial charge in [0.1, 0.15) is 0 Å². The average molecular weight is 134 g/mol. The van der Waals surface area contributed by atoms with Crippen molar-refractivity contribution in [2.45, 2.75) is 19.9 Å². The molecular weight excluding hydrogens is 122 g/mol. The van der Waals surface area contributed by atoms with E-state index in [9.17, 15) is 0 Å². The fourth-order valence-corrected chi connectivity index (χ4v) is 0.816. The Labute approximate surface area is 62.1 Å². The van der Waals surface area contributed by atoms with Crippen LogP contribution in [0.3, 0.4) is 0 Å². The summed E-state index contributed by atoms with van der Waals surface area (Å²) in [5, 5.41) is 3.27. The highest BCUT2D eigenvalue weighted by Crippen LogP contribution is 2.05. The summed E-state index contributed by atoms with van der Waals surface area (Å²) in [5.41, 5.74) is 1.14. The molecule has 0 amide bonds. The maximum Gasteiger partial charge on any atom is 0.0348 e. The molecule has 53 valence electrons. The molecule has 0 saturated carbocycles. The van der Waals surface area contributed by atoms with Crippen molar-refractivity contribution >= 4 is 5.69 Å². The highest BCUT2D eigenvalue weighted by atomic mass is 14.9. The number of benzene rings is 1. The van der Waals surface area contributed by atoms with Crippen molar-refractivity contribution in [1.29, 1.82) is 0 Å². The Balaban J connectivity index is 2.59. The highest BCUT2D eigenvalue weighted by molar-refractivity contribution is 5.42. The molecule has 0 aliphatic carbocycles. The minimum Gasteiger partial charge on any atom is -0.383 e. The number of hydrogen-bond acceptors (Lipinski definition) is 1. The molecule has 1 aromatic carbocycles. The van der Waals surface area contributed by atoms with Gasteiger partial charge in [-0.3, -0.25) is 0 Å². The first kappa shape index (κ1) is 7.13. The van der Waals surface area contributed by atoms with Crippen molar-refractivity contribution in [3.8, 4) is 0 Å². The van der Waals surface area contributed by atoms with Crippen molar-refractivity contribution in [3.63, 3.8) is 0 Å². The summed E-state index contributed by atoms with van der Waals surface area (Å²) >= 11 is 0. The quantitative estimate of drug-likeness (QED) is 0.654. The van der Waals surface area contributed by atoms with Crippen molar-refractivity contribution in [3.05, 3.63) is 30.3 Å². The minimum absolute atomic E-state index is 0.496. The van der Waals surface area contributed by atoms with Gasteiger partial charge in [0, 0.05) is 11.7 Å². The number of nitrogens with one attached hydrogen (secondary N) is 1. The third kappa shape index (κ3) is 2.09. The third-order valence-corrected chi connectivity index (χ3v) is 1.16. The molecule has 0 unspecified atom stereocenters. The number of hydrogen-bond donors (Lipinski definition) is 1. The molecule has 1 rings (SSSR count). The zero-order valence-electron chi connectivity index (χ0n) is 6.39. The molecule has 0 aliphatic rings. The molecule has 1 N–H and O–H groups in total. The van der Waals surface area contributed by atoms with E-state index in [1.807, 2.05) is 24.3 Å². The van der Waals surface area contributed by atoms with Gasteiger partial charge in [-0.25, -0.2) is 0 Å². The molecule has 0 fully saturated rings. The summed E-state index contributed by atoms with van der Waals surface area (Å²) in [6.07, 6.45) is 0. The molecule has 0 aromatic heterocycles. The third-order valence-electron chi connectivity index (χ3n) is 1.16. The van der Waals surface area contributed by atoms with Gasteiger partial charge in [0.05, 0.1) is 0 Å². The fraction of sp³-hybridized carbons (Fsp3) is 0.333. The topological polar surface area (TPSA) is 12.0 Å². The molecule has 0 atom stereocenters. The first-order chi connectivity index (χ1) is 4.79. The van der Waals surface area contributed by atoms with Crippen LogP contribution in [0.4, 0.5) is 5.69 Å². The smallest absolute Gasteiger partial charge is 0.0348 e. The fourth-order valence-electron chi connectivity index (χ4n) is 0.816. The summed E-state index contributed by atoms with van der Waals surface area (Å²) in [5.74, 6) is 0. The van der Waals surface area contributed by atoms with Gasteiger partial charge in [0.25, 0.3) is 0 Å². The van der Waals surface area contributed by atoms with Crippen molar-refractivity contribution < 1.29 is 0 Å². The highest BCUT2D eigenvalue weighted by Gasteiger charge is 1.90. The van der Waals surface area contributed by atoms with E-state index >= 15 is 0 Å².